The van der Waals surface area contributed by atoms with Crippen molar-refractivity contribution >= 4 is 34.6 Å². The van der Waals surface area contributed by atoms with Crippen LogP contribution in [0.1, 0.15) is 44.9 Å². The van der Waals surface area contributed by atoms with E-state index in [1.807, 2.05) is 20.8 Å². The Morgan fingerprint density at radius 1 is 1.30 bits per heavy atom. The first-order valence-corrected chi connectivity index (χ1v) is 8.05. The molecule has 20 heavy (non-hydrogen) atoms. The second-order valence-corrected chi connectivity index (χ2v) is 7.10. The fourth-order valence-corrected chi connectivity index (χ4v) is 2.71. The quantitative estimate of drug-likeness (QED) is 0.444. The maximum absolute atomic E-state index is 11.6. The van der Waals surface area contributed by atoms with E-state index in [9.17, 15) is 4.79 Å². The summed E-state index contributed by atoms with van der Waals surface area (Å²) in [5.41, 5.74) is 5.21. The van der Waals surface area contributed by atoms with E-state index in [1.165, 1.54) is 4.88 Å². The van der Waals surface area contributed by atoms with Crippen molar-refractivity contribution in [3.63, 3.8) is 0 Å². The van der Waals surface area contributed by atoms with Gasteiger partial charge in [-0.3, -0.25) is 15.6 Å². The zero-order chi connectivity index (χ0) is 15.0. The van der Waals surface area contributed by atoms with Crippen molar-refractivity contribution in [2.75, 3.05) is 0 Å². The summed E-state index contributed by atoms with van der Waals surface area (Å²) in [6.45, 7) is 6.02. The first-order valence-electron chi connectivity index (χ1n) is 6.76. The van der Waals surface area contributed by atoms with Gasteiger partial charge in [0, 0.05) is 16.8 Å². The molecule has 0 aliphatic carbocycles. The molecule has 1 aromatic rings. The topological polar surface area (TPSA) is 53.2 Å². The van der Waals surface area contributed by atoms with Crippen LogP contribution in [-0.4, -0.2) is 16.6 Å². The van der Waals surface area contributed by atoms with Crippen LogP contribution in [0.3, 0.4) is 0 Å². The third-order valence-corrected chi connectivity index (χ3v) is 3.60. The Morgan fingerprint density at radius 2 is 2.05 bits per heavy atom. The van der Waals surface area contributed by atoms with Crippen molar-refractivity contribution in [1.82, 2.24) is 16.2 Å². The van der Waals surface area contributed by atoms with Crippen LogP contribution in [-0.2, 0) is 11.2 Å². The molecule has 4 nitrogen and oxygen atoms in total. The molecule has 0 bridgehead atoms. The largest absolute Gasteiger partial charge is 0.357 e. The predicted molar refractivity (Wildman–Crippen MR) is 88.6 cm³/mol. The van der Waals surface area contributed by atoms with Crippen molar-refractivity contribution in [1.29, 1.82) is 0 Å². The molecule has 0 unspecified atom stereocenters. The molecule has 0 saturated carbocycles. The SMILES string of the molecule is CC(C)(C)NC(=S)NNC(=O)CCCCc1cccs1. The molecule has 112 valence electrons. The summed E-state index contributed by atoms with van der Waals surface area (Å²) in [6, 6.07) is 4.18. The molecule has 0 fully saturated rings. The van der Waals surface area contributed by atoms with E-state index in [0.717, 1.165) is 19.3 Å². The lowest BCUT2D eigenvalue weighted by Gasteiger charge is -2.23. The number of unbranched alkanes of at least 4 members (excludes halogenated alkanes) is 1. The molecule has 0 spiro atoms. The van der Waals surface area contributed by atoms with E-state index in [-0.39, 0.29) is 11.4 Å². The van der Waals surface area contributed by atoms with E-state index in [2.05, 4.69) is 33.7 Å². The highest BCUT2D eigenvalue weighted by Crippen LogP contribution is 2.12. The lowest BCUT2D eigenvalue weighted by Crippen LogP contribution is -2.52. The zero-order valence-corrected chi connectivity index (χ0v) is 13.9. The van der Waals surface area contributed by atoms with Gasteiger partial charge in [-0.25, -0.2) is 0 Å². The summed E-state index contributed by atoms with van der Waals surface area (Å²) in [7, 11) is 0. The van der Waals surface area contributed by atoms with Crippen LogP contribution in [0.25, 0.3) is 0 Å². The van der Waals surface area contributed by atoms with Gasteiger partial charge in [0.25, 0.3) is 0 Å². The van der Waals surface area contributed by atoms with E-state index in [0.29, 0.717) is 11.5 Å². The molecule has 0 saturated heterocycles. The molecule has 1 heterocycles. The van der Waals surface area contributed by atoms with Gasteiger partial charge in [-0.1, -0.05) is 6.07 Å². The Labute approximate surface area is 130 Å². The zero-order valence-electron chi connectivity index (χ0n) is 12.3. The number of rotatable bonds is 5. The van der Waals surface area contributed by atoms with Gasteiger partial charge in [-0.05, 0) is 63.7 Å². The average Bonchev–Trinajstić information content (AvgIpc) is 2.83. The molecular formula is C14H23N3OS2. The minimum Gasteiger partial charge on any atom is -0.357 e. The summed E-state index contributed by atoms with van der Waals surface area (Å²) in [5, 5.41) is 5.58. The number of aryl methyl sites for hydroxylation is 1. The number of carbonyl (C=O) groups is 1. The third-order valence-electron chi connectivity index (χ3n) is 2.46. The molecule has 0 aliphatic rings. The number of carbonyl (C=O) groups excluding carboxylic acids is 1. The minimum atomic E-state index is -0.116. The van der Waals surface area contributed by atoms with E-state index in [4.69, 9.17) is 12.2 Å². The highest BCUT2D eigenvalue weighted by atomic mass is 32.1. The summed E-state index contributed by atoms with van der Waals surface area (Å²) in [6.07, 6.45) is 3.46. The molecular weight excluding hydrogens is 290 g/mol. The summed E-state index contributed by atoms with van der Waals surface area (Å²) >= 11 is 6.84. The van der Waals surface area contributed by atoms with Crippen LogP contribution in [0.15, 0.2) is 17.5 Å². The number of hydrogen-bond donors (Lipinski definition) is 3. The Kier molecular flexibility index (Phi) is 6.95. The molecule has 0 aromatic carbocycles. The monoisotopic (exact) mass is 313 g/mol. The van der Waals surface area contributed by atoms with Gasteiger partial charge in [0.05, 0.1) is 0 Å². The minimum absolute atomic E-state index is 0.0331. The Bertz CT molecular complexity index is 424. The van der Waals surface area contributed by atoms with Crippen LogP contribution in [0, 0.1) is 0 Å². The standard InChI is InChI=1S/C14H23N3OS2/c1-14(2,3)15-13(19)17-16-12(18)9-5-4-7-11-8-6-10-20-11/h6,8,10H,4-5,7,9H2,1-3H3,(H,16,18)(H2,15,17,19). The molecule has 1 amide bonds. The van der Waals surface area contributed by atoms with Gasteiger partial charge in [-0.2, -0.15) is 0 Å². The maximum Gasteiger partial charge on any atom is 0.238 e. The number of thiocarbonyl (C=S) groups is 1. The van der Waals surface area contributed by atoms with Gasteiger partial charge < -0.3 is 5.32 Å². The Morgan fingerprint density at radius 3 is 2.65 bits per heavy atom. The van der Waals surface area contributed by atoms with Crippen molar-refractivity contribution in [2.24, 2.45) is 0 Å². The van der Waals surface area contributed by atoms with Gasteiger partial charge in [-0.15, -0.1) is 11.3 Å². The van der Waals surface area contributed by atoms with Crippen molar-refractivity contribution in [2.45, 2.75) is 52.0 Å². The smallest absolute Gasteiger partial charge is 0.238 e. The number of hydrogen-bond acceptors (Lipinski definition) is 3. The molecule has 0 radical (unpaired) electrons. The lowest BCUT2D eigenvalue weighted by atomic mass is 10.1. The summed E-state index contributed by atoms with van der Waals surface area (Å²) in [5.74, 6) is -0.0331. The first-order chi connectivity index (χ1) is 9.37. The van der Waals surface area contributed by atoms with Gasteiger partial charge in [0.2, 0.25) is 5.91 Å². The second-order valence-electron chi connectivity index (χ2n) is 5.66. The van der Waals surface area contributed by atoms with E-state index >= 15 is 0 Å². The van der Waals surface area contributed by atoms with Gasteiger partial charge in [0.15, 0.2) is 5.11 Å². The van der Waals surface area contributed by atoms with Crippen molar-refractivity contribution < 1.29 is 4.79 Å². The molecule has 1 aromatic heterocycles. The van der Waals surface area contributed by atoms with Crippen molar-refractivity contribution in [3.8, 4) is 0 Å². The lowest BCUT2D eigenvalue weighted by molar-refractivity contribution is -0.121. The Balaban J connectivity index is 2.07. The number of hydrazine groups is 1. The highest BCUT2D eigenvalue weighted by molar-refractivity contribution is 7.80. The molecule has 0 aliphatic heterocycles. The van der Waals surface area contributed by atoms with Gasteiger partial charge >= 0.3 is 0 Å². The number of nitrogens with one attached hydrogen (secondary N) is 3. The molecule has 0 atom stereocenters. The van der Waals surface area contributed by atoms with Crippen LogP contribution < -0.4 is 16.2 Å². The fourth-order valence-electron chi connectivity index (χ4n) is 1.60. The molecule has 6 heteroatoms. The van der Waals surface area contributed by atoms with Crippen LogP contribution in [0.4, 0.5) is 0 Å². The molecule has 3 N–H and O–H groups in total. The normalized spacial score (nSPS) is 10.9. The van der Waals surface area contributed by atoms with E-state index in [1.54, 1.807) is 11.3 Å². The summed E-state index contributed by atoms with van der Waals surface area (Å²) < 4.78 is 0. The maximum atomic E-state index is 11.6. The highest BCUT2D eigenvalue weighted by Gasteiger charge is 2.11. The van der Waals surface area contributed by atoms with Crippen LogP contribution in [0.2, 0.25) is 0 Å². The van der Waals surface area contributed by atoms with Crippen molar-refractivity contribution in [3.05, 3.63) is 22.4 Å². The predicted octanol–water partition coefficient (Wildman–Crippen LogP) is 2.75. The van der Waals surface area contributed by atoms with E-state index < -0.39 is 0 Å². The van der Waals surface area contributed by atoms with Crippen LogP contribution >= 0.6 is 23.6 Å². The fraction of sp³-hybridized carbons (Fsp3) is 0.571. The Hall–Kier alpha value is -1.14. The van der Waals surface area contributed by atoms with Gasteiger partial charge in [0.1, 0.15) is 0 Å². The first kappa shape index (κ1) is 16.9. The average molecular weight is 313 g/mol. The number of thiophene rings is 1. The van der Waals surface area contributed by atoms with Crippen LogP contribution in [0.5, 0.6) is 0 Å². The third kappa shape index (κ3) is 8.12. The molecule has 1 rings (SSSR count). The number of amides is 1. The second kappa shape index (κ2) is 8.21. The summed E-state index contributed by atoms with van der Waals surface area (Å²) in [4.78, 5) is 13.0.